The van der Waals surface area contributed by atoms with Gasteiger partial charge in [-0.1, -0.05) is 23.3 Å². The number of nitrogens with zero attached hydrogens (tertiary/aromatic N) is 1. The summed E-state index contributed by atoms with van der Waals surface area (Å²) in [6, 6.07) is 7.91. The van der Waals surface area contributed by atoms with Crippen LogP contribution in [0.4, 0.5) is 0 Å². The van der Waals surface area contributed by atoms with E-state index < -0.39 is 33.3 Å². The molecule has 1 aromatic rings. The van der Waals surface area contributed by atoms with Gasteiger partial charge in [-0.05, 0) is 18.6 Å². The van der Waals surface area contributed by atoms with Crippen LogP contribution in [-0.4, -0.2) is 43.4 Å². The first-order valence-corrected chi connectivity index (χ1v) is 8.19. The van der Waals surface area contributed by atoms with E-state index in [1.165, 1.54) is 12.1 Å². The predicted octanol–water partition coefficient (Wildman–Crippen LogP) is 0.432. The van der Waals surface area contributed by atoms with Crippen molar-refractivity contribution in [3.05, 3.63) is 42.5 Å². The Bertz CT molecular complexity index is 727. The summed E-state index contributed by atoms with van der Waals surface area (Å²) >= 11 is 0. The average molecular weight is 323 g/mol. The highest BCUT2D eigenvalue weighted by molar-refractivity contribution is 7.92. The molecule has 2 atom stereocenters. The molecule has 22 heavy (non-hydrogen) atoms. The Labute approximate surface area is 127 Å². The Hall–Kier alpha value is -2.19. The molecule has 2 unspecified atom stereocenters. The lowest BCUT2D eigenvalue weighted by Crippen LogP contribution is -2.43. The molecule has 8 heteroatoms. The molecule has 0 amide bonds. The Kier molecular flexibility index (Phi) is 3.71. The van der Waals surface area contributed by atoms with E-state index in [2.05, 4.69) is 0 Å². The van der Waals surface area contributed by atoms with Crippen LogP contribution in [0.15, 0.2) is 47.4 Å². The highest BCUT2D eigenvalue weighted by atomic mass is 32.2. The Morgan fingerprint density at radius 1 is 1.05 bits per heavy atom. The van der Waals surface area contributed by atoms with Crippen LogP contribution in [0.25, 0.3) is 0 Å². The minimum absolute atomic E-state index is 0.141. The van der Waals surface area contributed by atoms with Crippen molar-refractivity contribution >= 4 is 21.8 Å². The fourth-order valence-corrected chi connectivity index (χ4v) is 4.28. The van der Waals surface area contributed by atoms with Gasteiger partial charge < -0.3 is 9.57 Å². The van der Waals surface area contributed by atoms with Crippen LogP contribution >= 0.6 is 0 Å². The van der Waals surface area contributed by atoms with Crippen molar-refractivity contribution in [1.82, 2.24) is 5.06 Å². The Morgan fingerprint density at radius 3 is 2.45 bits per heavy atom. The van der Waals surface area contributed by atoms with Crippen LogP contribution < -0.4 is 0 Å². The topological polar surface area (TPSA) is 90.0 Å². The number of sulfone groups is 1. The molecule has 0 aliphatic carbocycles. The molecule has 2 heterocycles. The molecular weight excluding hydrogens is 310 g/mol. The molecule has 1 fully saturated rings. The van der Waals surface area contributed by atoms with E-state index in [9.17, 15) is 18.0 Å². The van der Waals surface area contributed by atoms with Crippen molar-refractivity contribution in [3.63, 3.8) is 0 Å². The molecule has 0 aromatic heterocycles. The lowest BCUT2D eigenvalue weighted by molar-refractivity contribution is -0.224. The summed E-state index contributed by atoms with van der Waals surface area (Å²) in [6.07, 6.45) is 0.913. The molecule has 0 saturated carbocycles. The number of carbonyl (C=O) groups is 2. The maximum atomic E-state index is 12.7. The van der Waals surface area contributed by atoms with Crippen LogP contribution in [-0.2, 0) is 29.0 Å². The molecule has 1 saturated heterocycles. The van der Waals surface area contributed by atoms with E-state index in [0.29, 0.717) is 0 Å². The van der Waals surface area contributed by atoms with Gasteiger partial charge in [0, 0.05) is 18.7 Å². The molecule has 116 valence electrons. The average Bonchev–Trinajstić information content (AvgIpc) is 2.87. The van der Waals surface area contributed by atoms with Crippen molar-refractivity contribution in [2.24, 2.45) is 0 Å². The van der Waals surface area contributed by atoms with Gasteiger partial charge in [0.1, 0.15) is 5.25 Å². The molecule has 3 rings (SSSR count). The number of rotatable bonds is 2. The second-order valence-electron chi connectivity index (χ2n) is 4.90. The lowest BCUT2D eigenvalue weighted by Gasteiger charge is -2.26. The SMILES string of the molecule is O=C1/C=C\C(=O)ON2CCC(S(=O)(=O)c3ccccc3)C2O1. The van der Waals surface area contributed by atoms with Crippen LogP contribution in [0.1, 0.15) is 6.42 Å². The first-order chi connectivity index (χ1) is 10.5. The van der Waals surface area contributed by atoms with E-state index >= 15 is 0 Å². The molecule has 2 aliphatic heterocycles. The van der Waals surface area contributed by atoms with Crippen LogP contribution in [0.3, 0.4) is 0 Å². The molecule has 7 nitrogen and oxygen atoms in total. The summed E-state index contributed by atoms with van der Waals surface area (Å²) < 4.78 is 30.5. The maximum absolute atomic E-state index is 12.7. The van der Waals surface area contributed by atoms with Gasteiger partial charge in [0.15, 0.2) is 9.84 Å². The molecule has 2 aliphatic rings. The quantitative estimate of drug-likeness (QED) is 0.729. The highest BCUT2D eigenvalue weighted by Crippen LogP contribution is 2.30. The zero-order valence-electron chi connectivity index (χ0n) is 11.4. The normalized spacial score (nSPS) is 27.3. The van der Waals surface area contributed by atoms with Gasteiger partial charge in [-0.3, -0.25) is 0 Å². The van der Waals surface area contributed by atoms with Crippen molar-refractivity contribution in [1.29, 1.82) is 0 Å². The minimum Gasteiger partial charge on any atom is -0.439 e. The van der Waals surface area contributed by atoms with Crippen LogP contribution in [0, 0.1) is 0 Å². The monoisotopic (exact) mass is 323 g/mol. The van der Waals surface area contributed by atoms with E-state index in [1.54, 1.807) is 18.2 Å². The summed E-state index contributed by atoms with van der Waals surface area (Å²) in [5.41, 5.74) is 0. The third-order valence-electron chi connectivity index (χ3n) is 3.51. The van der Waals surface area contributed by atoms with Gasteiger partial charge in [0.2, 0.25) is 6.23 Å². The smallest absolute Gasteiger partial charge is 0.350 e. The standard InChI is InChI=1S/C14H13NO6S/c16-12-6-7-13(17)21-15-9-8-11(14(15)20-12)22(18,19)10-4-2-1-3-5-10/h1-7,11,14H,8-9H2/b7-6-. The zero-order valence-corrected chi connectivity index (χ0v) is 12.2. The number of benzene rings is 1. The first kappa shape index (κ1) is 14.7. The summed E-state index contributed by atoms with van der Waals surface area (Å²) in [5.74, 6) is -1.51. The van der Waals surface area contributed by atoms with Crippen molar-refractivity contribution < 1.29 is 27.6 Å². The second kappa shape index (κ2) is 5.54. The number of fused-ring (bicyclic) bond motifs is 1. The van der Waals surface area contributed by atoms with Gasteiger partial charge in [-0.15, -0.1) is 0 Å². The third kappa shape index (κ3) is 2.62. The summed E-state index contributed by atoms with van der Waals surface area (Å²) in [4.78, 5) is 28.2. The largest absolute Gasteiger partial charge is 0.439 e. The second-order valence-corrected chi connectivity index (χ2v) is 7.06. The minimum atomic E-state index is -3.71. The summed E-state index contributed by atoms with van der Waals surface area (Å²) in [7, 11) is -3.71. The van der Waals surface area contributed by atoms with Crippen molar-refractivity contribution in [2.75, 3.05) is 6.54 Å². The van der Waals surface area contributed by atoms with E-state index in [-0.39, 0.29) is 17.9 Å². The van der Waals surface area contributed by atoms with E-state index in [0.717, 1.165) is 17.2 Å². The molecule has 0 spiro atoms. The fourth-order valence-electron chi connectivity index (χ4n) is 2.48. The summed E-state index contributed by atoms with van der Waals surface area (Å²) in [5, 5.41) is 0.118. The van der Waals surface area contributed by atoms with Gasteiger partial charge in [-0.2, -0.15) is 0 Å². The number of hydrogen-bond donors (Lipinski definition) is 0. The van der Waals surface area contributed by atoms with Gasteiger partial charge in [0.25, 0.3) is 0 Å². The number of ether oxygens (including phenoxy) is 1. The number of hydrogen-bond acceptors (Lipinski definition) is 7. The van der Waals surface area contributed by atoms with Gasteiger partial charge in [0.05, 0.1) is 4.90 Å². The highest BCUT2D eigenvalue weighted by Gasteiger charge is 2.47. The Balaban J connectivity index is 1.94. The molecule has 1 aromatic carbocycles. The number of esters is 1. The van der Waals surface area contributed by atoms with Crippen LogP contribution in [0.5, 0.6) is 0 Å². The molecule has 0 N–H and O–H groups in total. The van der Waals surface area contributed by atoms with E-state index in [1.807, 2.05) is 0 Å². The summed E-state index contributed by atoms with van der Waals surface area (Å²) in [6.45, 7) is 0.175. The zero-order chi connectivity index (χ0) is 15.7. The van der Waals surface area contributed by atoms with Crippen LogP contribution in [0.2, 0.25) is 0 Å². The van der Waals surface area contributed by atoms with Crippen molar-refractivity contribution in [3.8, 4) is 0 Å². The fraction of sp³-hybridized carbons (Fsp3) is 0.286. The number of hydroxylamine groups is 2. The van der Waals surface area contributed by atoms with Gasteiger partial charge >= 0.3 is 11.9 Å². The van der Waals surface area contributed by atoms with Crippen molar-refractivity contribution in [2.45, 2.75) is 22.8 Å². The molecular formula is C14H13NO6S. The number of carbonyl (C=O) groups excluding carboxylic acids is 2. The van der Waals surface area contributed by atoms with E-state index in [4.69, 9.17) is 9.57 Å². The lowest BCUT2D eigenvalue weighted by atomic mass is 10.3. The Morgan fingerprint density at radius 2 is 1.73 bits per heavy atom. The first-order valence-electron chi connectivity index (χ1n) is 6.65. The molecule has 0 radical (unpaired) electrons. The third-order valence-corrected chi connectivity index (χ3v) is 5.70. The molecule has 0 bridgehead atoms. The van der Waals surface area contributed by atoms with Gasteiger partial charge in [-0.25, -0.2) is 18.0 Å². The predicted molar refractivity (Wildman–Crippen MR) is 73.9 cm³/mol. The maximum Gasteiger partial charge on any atom is 0.350 e.